The maximum Gasteiger partial charge on any atom is 0.422 e. The van der Waals surface area contributed by atoms with Gasteiger partial charge in [0, 0.05) is 12.3 Å². The van der Waals surface area contributed by atoms with Crippen molar-refractivity contribution in [3.63, 3.8) is 0 Å². The van der Waals surface area contributed by atoms with Gasteiger partial charge in [0.05, 0.1) is 0 Å². The van der Waals surface area contributed by atoms with Gasteiger partial charge in [0.2, 0.25) is 5.88 Å². The van der Waals surface area contributed by atoms with Gasteiger partial charge in [0.25, 0.3) is 0 Å². The van der Waals surface area contributed by atoms with Crippen molar-refractivity contribution < 1.29 is 17.9 Å². The van der Waals surface area contributed by atoms with Crippen LogP contribution in [0.3, 0.4) is 0 Å². The van der Waals surface area contributed by atoms with Crippen LogP contribution in [0.2, 0.25) is 0 Å². The SMILES string of the molecule is CCCC(C)c1ccnc(OCC(F)(F)F)c1. The van der Waals surface area contributed by atoms with Gasteiger partial charge in [-0.1, -0.05) is 20.3 Å². The Bertz CT molecular complexity index is 352. The largest absolute Gasteiger partial charge is 0.468 e. The molecule has 0 fully saturated rings. The van der Waals surface area contributed by atoms with Crippen molar-refractivity contribution >= 4 is 0 Å². The van der Waals surface area contributed by atoms with Crippen molar-refractivity contribution in [1.29, 1.82) is 0 Å². The fraction of sp³-hybridized carbons (Fsp3) is 0.583. The molecule has 1 atom stereocenters. The topological polar surface area (TPSA) is 22.1 Å². The van der Waals surface area contributed by atoms with Crippen LogP contribution in [0, 0.1) is 0 Å². The van der Waals surface area contributed by atoms with Crippen molar-refractivity contribution in [3.05, 3.63) is 23.9 Å². The molecule has 1 unspecified atom stereocenters. The van der Waals surface area contributed by atoms with Gasteiger partial charge < -0.3 is 4.74 Å². The molecule has 0 radical (unpaired) electrons. The van der Waals surface area contributed by atoms with E-state index in [0.717, 1.165) is 18.4 Å². The van der Waals surface area contributed by atoms with E-state index < -0.39 is 12.8 Å². The van der Waals surface area contributed by atoms with Crippen LogP contribution in [0.25, 0.3) is 0 Å². The van der Waals surface area contributed by atoms with Crippen molar-refractivity contribution in [1.82, 2.24) is 4.98 Å². The zero-order valence-corrected chi connectivity index (χ0v) is 9.92. The molecule has 1 aromatic heterocycles. The maximum absolute atomic E-state index is 12.0. The molecule has 0 amide bonds. The molecule has 0 aliphatic carbocycles. The Hall–Kier alpha value is -1.26. The van der Waals surface area contributed by atoms with Crippen LogP contribution in [0.4, 0.5) is 13.2 Å². The van der Waals surface area contributed by atoms with Gasteiger partial charge in [-0.25, -0.2) is 4.98 Å². The van der Waals surface area contributed by atoms with Crippen LogP contribution in [0.5, 0.6) is 5.88 Å². The summed E-state index contributed by atoms with van der Waals surface area (Å²) in [5.74, 6) is 0.332. The Morgan fingerprint density at radius 2 is 2.12 bits per heavy atom. The molecule has 1 rings (SSSR count). The van der Waals surface area contributed by atoms with Crippen LogP contribution in [-0.4, -0.2) is 17.8 Å². The van der Waals surface area contributed by atoms with E-state index in [1.54, 1.807) is 12.1 Å². The van der Waals surface area contributed by atoms with Gasteiger partial charge in [-0.3, -0.25) is 0 Å². The molecular formula is C12H16F3NO. The number of alkyl halides is 3. The van der Waals surface area contributed by atoms with Gasteiger partial charge in [-0.05, 0) is 24.0 Å². The van der Waals surface area contributed by atoms with E-state index in [9.17, 15) is 13.2 Å². The third-order valence-corrected chi connectivity index (χ3v) is 2.43. The zero-order chi connectivity index (χ0) is 12.9. The van der Waals surface area contributed by atoms with E-state index in [1.807, 2.05) is 6.92 Å². The van der Waals surface area contributed by atoms with Crippen LogP contribution in [-0.2, 0) is 0 Å². The summed E-state index contributed by atoms with van der Waals surface area (Å²) >= 11 is 0. The number of hydrogen-bond donors (Lipinski definition) is 0. The lowest BCUT2D eigenvalue weighted by atomic mass is 9.98. The normalized spacial score (nSPS) is 13.5. The number of halogens is 3. The lowest BCUT2D eigenvalue weighted by molar-refractivity contribution is -0.154. The number of nitrogens with zero attached hydrogens (tertiary/aromatic N) is 1. The fourth-order valence-electron chi connectivity index (χ4n) is 1.57. The van der Waals surface area contributed by atoms with Gasteiger partial charge in [0.1, 0.15) is 0 Å². The highest BCUT2D eigenvalue weighted by molar-refractivity contribution is 5.23. The summed E-state index contributed by atoms with van der Waals surface area (Å²) in [6.07, 6.45) is -0.828. The third-order valence-electron chi connectivity index (χ3n) is 2.43. The summed E-state index contributed by atoms with van der Waals surface area (Å²) in [6, 6.07) is 3.38. The summed E-state index contributed by atoms with van der Waals surface area (Å²) in [4.78, 5) is 3.76. The molecule has 0 aliphatic rings. The molecular weight excluding hydrogens is 231 g/mol. The lowest BCUT2D eigenvalue weighted by Crippen LogP contribution is -2.19. The van der Waals surface area contributed by atoms with Gasteiger partial charge >= 0.3 is 6.18 Å². The summed E-state index contributed by atoms with van der Waals surface area (Å²) in [5, 5.41) is 0. The van der Waals surface area contributed by atoms with Crippen LogP contribution in [0.15, 0.2) is 18.3 Å². The lowest BCUT2D eigenvalue weighted by Gasteiger charge is -2.12. The molecule has 0 N–H and O–H groups in total. The Labute approximate surface area is 98.8 Å². The number of ether oxygens (including phenoxy) is 1. The summed E-state index contributed by atoms with van der Waals surface area (Å²) < 4.78 is 40.5. The molecule has 17 heavy (non-hydrogen) atoms. The average Bonchev–Trinajstić information content (AvgIpc) is 2.26. The smallest absolute Gasteiger partial charge is 0.422 e. The predicted octanol–water partition coefficient (Wildman–Crippen LogP) is 3.93. The molecule has 0 saturated heterocycles. The maximum atomic E-state index is 12.0. The fourth-order valence-corrected chi connectivity index (χ4v) is 1.57. The summed E-state index contributed by atoms with van der Waals surface area (Å²) in [6.45, 7) is 2.80. The molecule has 0 saturated carbocycles. The molecule has 1 heterocycles. The second-order valence-corrected chi connectivity index (χ2v) is 4.02. The van der Waals surface area contributed by atoms with Crippen molar-refractivity contribution in [2.45, 2.75) is 38.8 Å². The monoisotopic (exact) mass is 247 g/mol. The first-order chi connectivity index (χ1) is 7.92. The minimum absolute atomic E-state index is 0.0304. The highest BCUT2D eigenvalue weighted by Crippen LogP contribution is 2.23. The Morgan fingerprint density at radius 3 is 2.71 bits per heavy atom. The van der Waals surface area contributed by atoms with Gasteiger partial charge in [-0.2, -0.15) is 13.2 Å². The first-order valence-electron chi connectivity index (χ1n) is 5.58. The Kier molecular flexibility index (Phi) is 4.78. The Morgan fingerprint density at radius 1 is 1.41 bits per heavy atom. The molecule has 5 heteroatoms. The minimum Gasteiger partial charge on any atom is -0.468 e. The third kappa shape index (κ3) is 5.06. The molecule has 96 valence electrons. The second kappa shape index (κ2) is 5.89. The average molecular weight is 247 g/mol. The highest BCUT2D eigenvalue weighted by atomic mass is 19.4. The van der Waals surface area contributed by atoms with Crippen LogP contribution >= 0.6 is 0 Å². The number of aromatic nitrogens is 1. The first kappa shape index (κ1) is 13.8. The summed E-state index contributed by atoms with van der Waals surface area (Å²) in [5.41, 5.74) is 0.957. The standard InChI is InChI=1S/C12H16F3NO/c1-3-4-9(2)10-5-6-16-11(7-10)17-8-12(13,14)15/h5-7,9H,3-4,8H2,1-2H3. The van der Waals surface area contributed by atoms with Gasteiger partial charge in [-0.15, -0.1) is 0 Å². The Balaban J connectivity index is 2.66. The number of rotatable bonds is 5. The van der Waals surface area contributed by atoms with Gasteiger partial charge in [0.15, 0.2) is 6.61 Å². The van der Waals surface area contributed by atoms with E-state index in [1.165, 1.54) is 6.20 Å². The molecule has 0 aliphatic heterocycles. The van der Waals surface area contributed by atoms with E-state index in [4.69, 9.17) is 0 Å². The summed E-state index contributed by atoms with van der Waals surface area (Å²) in [7, 11) is 0. The molecule has 0 bridgehead atoms. The van der Waals surface area contributed by atoms with Crippen molar-refractivity contribution in [2.75, 3.05) is 6.61 Å². The number of hydrogen-bond acceptors (Lipinski definition) is 2. The van der Waals surface area contributed by atoms with E-state index in [2.05, 4.69) is 16.6 Å². The minimum atomic E-state index is -4.33. The molecule has 1 aromatic rings. The second-order valence-electron chi connectivity index (χ2n) is 4.02. The number of pyridine rings is 1. The zero-order valence-electron chi connectivity index (χ0n) is 9.92. The van der Waals surface area contributed by atoms with Crippen molar-refractivity contribution in [3.8, 4) is 5.88 Å². The quantitative estimate of drug-likeness (QED) is 0.786. The first-order valence-corrected chi connectivity index (χ1v) is 5.58. The van der Waals surface area contributed by atoms with Crippen LogP contribution < -0.4 is 4.74 Å². The van der Waals surface area contributed by atoms with Crippen molar-refractivity contribution in [2.24, 2.45) is 0 Å². The van der Waals surface area contributed by atoms with Crippen LogP contribution in [0.1, 0.15) is 38.2 Å². The molecule has 0 spiro atoms. The molecule has 2 nitrogen and oxygen atoms in total. The van der Waals surface area contributed by atoms with E-state index in [-0.39, 0.29) is 5.88 Å². The highest BCUT2D eigenvalue weighted by Gasteiger charge is 2.28. The predicted molar refractivity (Wildman–Crippen MR) is 59.1 cm³/mol. The molecule has 0 aromatic carbocycles. The van der Waals surface area contributed by atoms with E-state index >= 15 is 0 Å². The van der Waals surface area contributed by atoms with E-state index in [0.29, 0.717) is 5.92 Å².